The van der Waals surface area contributed by atoms with E-state index < -0.39 is 0 Å². The van der Waals surface area contributed by atoms with Crippen molar-refractivity contribution in [3.8, 4) is 0 Å². The fraction of sp³-hybridized carbons (Fsp3) is 0.235. The number of benzene rings is 2. The van der Waals surface area contributed by atoms with Crippen molar-refractivity contribution in [2.75, 3.05) is 10.7 Å². The summed E-state index contributed by atoms with van der Waals surface area (Å²) < 4.78 is 1.07. The van der Waals surface area contributed by atoms with Gasteiger partial charge in [-0.15, -0.1) is 11.8 Å². The normalized spacial score (nSPS) is 18.3. The minimum Gasteiger partial charge on any atom is -0.295 e. The summed E-state index contributed by atoms with van der Waals surface area (Å²) in [5.41, 5.74) is 4.52. The molecule has 4 heteroatoms. The topological polar surface area (TPSA) is 20.3 Å². The summed E-state index contributed by atoms with van der Waals surface area (Å²) in [6, 6.07) is 14.5. The number of hydrogen-bond acceptors (Lipinski definition) is 2. The van der Waals surface area contributed by atoms with E-state index in [4.69, 9.17) is 0 Å². The van der Waals surface area contributed by atoms with E-state index in [0.717, 1.165) is 15.7 Å². The van der Waals surface area contributed by atoms with E-state index in [9.17, 15) is 4.79 Å². The van der Waals surface area contributed by atoms with E-state index in [1.807, 2.05) is 24.0 Å². The number of amides is 1. The summed E-state index contributed by atoms with van der Waals surface area (Å²) in [5.74, 6) is 0.709. The van der Waals surface area contributed by atoms with Crippen molar-refractivity contribution in [3.63, 3.8) is 0 Å². The fourth-order valence-corrected chi connectivity index (χ4v) is 3.88. The van der Waals surface area contributed by atoms with Crippen molar-refractivity contribution in [3.05, 3.63) is 63.6 Å². The number of carbonyl (C=O) groups excluding carboxylic acids is 1. The van der Waals surface area contributed by atoms with Gasteiger partial charge in [-0.05, 0) is 43.2 Å². The van der Waals surface area contributed by atoms with Crippen molar-refractivity contribution in [2.24, 2.45) is 0 Å². The molecule has 1 saturated heterocycles. The van der Waals surface area contributed by atoms with Crippen LogP contribution in [0.3, 0.4) is 0 Å². The van der Waals surface area contributed by atoms with Crippen LogP contribution in [-0.4, -0.2) is 11.7 Å². The van der Waals surface area contributed by atoms with Gasteiger partial charge in [0.05, 0.1) is 5.75 Å². The molecule has 1 amide bonds. The highest BCUT2D eigenvalue weighted by molar-refractivity contribution is 9.10. The summed E-state index contributed by atoms with van der Waals surface area (Å²) in [7, 11) is 0. The lowest BCUT2D eigenvalue weighted by molar-refractivity contribution is -0.115. The highest BCUT2D eigenvalue weighted by atomic mass is 79.9. The summed E-state index contributed by atoms with van der Waals surface area (Å²) in [6.45, 7) is 4.12. The lowest BCUT2D eigenvalue weighted by atomic mass is 10.1. The van der Waals surface area contributed by atoms with Gasteiger partial charge in [0, 0.05) is 10.2 Å². The molecule has 0 spiro atoms. The molecule has 2 nitrogen and oxygen atoms in total. The number of aryl methyl sites for hydroxylation is 2. The van der Waals surface area contributed by atoms with Crippen LogP contribution in [-0.2, 0) is 4.79 Å². The van der Waals surface area contributed by atoms with Crippen LogP contribution in [0.1, 0.15) is 22.1 Å². The fourth-order valence-electron chi connectivity index (χ4n) is 2.46. The Bertz CT molecular complexity index is 684. The molecule has 2 aromatic carbocycles. The molecule has 1 aliphatic rings. The van der Waals surface area contributed by atoms with Crippen LogP contribution >= 0.6 is 27.7 Å². The molecule has 21 heavy (non-hydrogen) atoms. The van der Waals surface area contributed by atoms with E-state index in [-0.39, 0.29) is 11.3 Å². The maximum atomic E-state index is 12.3. The lowest BCUT2D eigenvalue weighted by Gasteiger charge is -2.25. The molecule has 0 saturated carbocycles. The van der Waals surface area contributed by atoms with Crippen molar-refractivity contribution >= 4 is 39.3 Å². The van der Waals surface area contributed by atoms with Gasteiger partial charge in [0.1, 0.15) is 5.37 Å². The second-order valence-corrected chi connectivity index (χ2v) is 7.19. The maximum absolute atomic E-state index is 12.3. The molecule has 2 aromatic rings. The summed E-state index contributed by atoms with van der Waals surface area (Å²) in [4.78, 5) is 14.2. The standard InChI is InChI=1S/C17H16BrNOS/c1-11-3-5-13(6-4-11)17-19(16(20)10-21-17)14-7-8-15(18)12(2)9-14/h3-9,17H,10H2,1-2H3/t17-/m0/s1. The SMILES string of the molecule is Cc1ccc([C@@H]2SCC(=O)N2c2ccc(Br)c(C)c2)cc1. The highest BCUT2D eigenvalue weighted by Crippen LogP contribution is 2.42. The van der Waals surface area contributed by atoms with Gasteiger partial charge < -0.3 is 0 Å². The lowest BCUT2D eigenvalue weighted by Crippen LogP contribution is -2.27. The Kier molecular flexibility index (Phi) is 4.09. The smallest absolute Gasteiger partial charge is 0.238 e. The van der Waals surface area contributed by atoms with Crippen LogP contribution in [0.4, 0.5) is 5.69 Å². The van der Waals surface area contributed by atoms with Gasteiger partial charge in [-0.25, -0.2) is 0 Å². The van der Waals surface area contributed by atoms with Crippen LogP contribution in [0.2, 0.25) is 0 Å². The summed E-state index contributed by atoms with van der Waals surface area (Å²) in [5, 5.41) is 0.0682. The molecule has 3 rings (SSSR count). The molecular formula is C17H16BrNOS. The first kappa shape index (κ1) is 14.7. The predicted octanol–water partition coefficient (Wildman–Crippen LogP) is 4.84. The Morgan fingerprint density at radius 1 is 1.14 bits per heavy atom. The van der Waals surface area contributed by atoms with Crippen molar-refractivity contribution in [1.29, 1.82) is 0 Å². The van der Waals surface area contributed by atoms with Gasteiger partial charge >= 0.3 is 0 Å². The second kappa shape index (κ2) is 5.85. The monoisotopic (exact) mass is 361 g/mol. The minimum absolute atomic E-state index is 0.0682. The molecule has 1 fully saturated rings. The largest absolute Gasteiger partial charge is 0.295 e. The Morgan fingerprint density at radius 3 is 2.52 bits per heavy atom. The molecule has 0 radical (unpaired) electrons. The highest BCUT2D eigenvalue weighted by Gasteiger charge is 2.34. The Labute approximate surface area is 137 Å². The quantitative estimate of drug-likeness (QED) is 0.762. The van der Waals surface area contributed by atoms with Gasteiger partial charge in [0.2, 0.25) is 5.91 Å². The zero-order valence-corrected chi connectivity index (χ0v) is 14.4. The summed E-state index contributed by atoms with van der Waals surface area (Å²) >= 11 is 5.20. The van der Waals surface area contributed by atoms with Crippen LogP contribution < -0.4 is 4.90 Å². The first-order valence-electron chi connectivity index (χ1n) is 6.82. The molecule has 0 unspecified atom stereocenters. The Balaban J connectivity index is 1.99. The number of thioether (sulfide) groups is 1. The molecular weight excluding hydrogens is 346 g/mol. The first-order valence-corrected chi connectivity index (χ1v) is 8.67. The van der Waals surface area contributed by atoms with Gasteiger partial charge in [0.25, 0.3) is 0 Å². The van der Waals surface area contributed by atoms with Gasteiger partial charge in [-0.1, -0.05) is 45.8 Å². The third-order valence-corrected chi connectivity index (χ3v) is 5.75. The van der Waals surface area contributed by atoms with Crippen molar-refractivity contribution in [2.45, 2.75) is 19.2 Å². The maximum Gasteiger partial charge on any atom is 0.238 e. The summed E-state index contributed by atoms with van der Waals surface area (Å²) in [6.07, 6.45) is 0. The number of anilines is 1. The third-order valence-electron chi connectivity index (χ3n) is 3.65. The molecule has 1 aliphatic heterocycles. The first-order chi connectivity index (χ1) is 10.1. The molecule has 0 N–H and O–H groups in total. The van der Waals surface area contributed by atoms with Gasteiger partial charge in [0.15, 0.2) is 0 Å². The molecule has 0 aliphatic carbocycles. The predicted molar refractivity (Wildman–Crippen MR) is 92.7 cm³/mol. The molecule has 0 bridgehead atoms. The average Bonchev–Trinajstić information content (AvgIpc) is 2.85. The van der Waals surface area contributed by atoms with Crippen LogP contribution in [0.5, 0.6) is 0 Å². The molecule has 0 aromatic heterocycles. The zero-order chi connectivity index (χ0) is 15.0. The Hall–Kier alpha value is -1.26. The third kappa shape index (κ3) is 2.87. The number of halogens is 1. The molecule has 108 valence electrons. The number of hydrogen-bond donors (Lipinski definition) is 0. The van der Waals surface area contributed by atoms with Crippen LogP contribution in [0.25, 0.3) is 0 Å². The Morgan fingerprint density at radius 2 is 1.86 bits per heavy atom. The average molecular weight is 362 g/mol. The number of rotatable bonds is 2. The second-order valence-electron chi connectivity index (χ2n) is 5.27. The van der Waals surface area contributed by atoms with E-state index in [0.29, 0.717) is 5.75 Å². The number of nitrogens with zero attached hydrogens (tertiary/aromatic N) is 1. The van der Waals surface area contributed by atoms with Crippen LogP contribution in [0, 0.1) is 13.8 Å². The van der Waals surface area contributed by atoms with E-state index in [1.165, 1.54) is 11.1 Å². The van der Waals surface area contributed by atoms with Gasteiger partial charge in [-0.3, -0.25) is 9.69 Å². The number of carbonyl (C=O) groups is 1. The van der Waals surface area contributed by atoms with E-state index in [2.05, 4.69) is 53.2 Å². The van der Waals surface area contributed by atoms with E-state index >= 15 is 0 Å². The molecule has 1 atom stereocenters. The van der Waals surface area contributed by atoms with Crippen molar-refractivity contribution < 1.29 is 4.79 Å². The van der Waals surface area contributed by atoms with Gasteiger partial charge in [-0.2, -0.15) is 0 Å². The van der Waals surface area contributed by atoms with Crippen molar-refractivity contribution in [1.82, 2.24) is 0 Å². The minimum atomic E-state index is 0.0682. The van der Waals surface area contributed by atoms with Crippen LogP contribution in [0.15, 0.2) is 46.9 Å². The zero-order valence-electron chi connectivity index (χ0n) is 12.0. The molecule has 1 heterocycles. The van der Waals surface area contributed by atoms with E-state index in [1.54, 1.807) is 11.8 Å².